The molecule has 0 saturated carbocycles. The van der Waals surface area contributed by atoms with E-state index in [0.29, 0.717) is 11.5 Å². The molecule has 27 heavy (non-hydrogen) atoms. The molecule has 5 rings (SSSR count). The number of rotatable bonds is 3. The predicted molar refractivity (Wildman–Crippen MR) is 99.3 cm³/mol. The molecule has 1 unspecified atom stereocenters. The first-order valence-corrected chi connectivity index (χ1v) is 9.62. The number of carbonyl (C=O) groups excluding carboxylic acids is 1. The van der Waals surface area contributed by atoms with E-state index >= 15 is 0 Å². The summed E-state index contributed by atoms with van der Waals surface area (Å²) in [6.07, 6.45) is 9.11. The normalized spacial score (nSPS) is 26.5. The van der Waals surface area contributed by atoms with Crippen LogP contribution < -0.4 is 5.32 Å². The molecule has 140 valence electrons. The topological polar surface area (TPSA) is 80.2 Å². The highest BCUT2D eigenvalue weighted by Gasteiger charge is 2.43. The fraction of sp³-hybridized carbons (Fsp3) is 0.500. The average Bonchev–Trinajstić information content (AvgIpc) is 3.44. The highest BCUT2D eigenvalue weighted by molar-refractivity contribution is 5.94. The molecule has 7 nitrogen and oxygen atoms in total. The molecule has 7 heteroatoms. The molecule has 2 atom stereocenters. The third kappa shape index (κ3) is 3.06. The number of hydrogen-bond donors (Lipinski definition) is 1. The number of likely N-dealkylation sites (tertiary alicyclic amines) is 1. The summed E-state index contributed by atoms with van der Waals surface area (Å²) in [4.78, 5) is 27.9. The lowest BCUT2D eigenvalue weighted by Crippen LogP contribution is -2.32. The Morgan fingerprint density at radius 3 is 2.96 bits per heavy atom. The Morgan fingerprint density at radius 2 is 2.15 bits per heavy atom. The van der Waals surface area contributed by atoms with Gasteiger partial charge in [0.1, 0.15) is 0 Å². The minimum absolute atomic E-state index is 0.0146. The number of aryl methyl sites for hydroxylation is 1. The molecule has 2 saturated heterocycles. The van der Waals surface area contributed by atoms with Crippen LogP contribution in [0.25, 0.3) is 0 Å². The van der Waals surface area contributed by atoms with Gasteiger partial charge < -0.3 is 15.0 Å². The zero-order chi connectivity index (χ0) is 18.3. The molecule has 2 fully saturated rings. The predicted octanol–water partition coefficient (Wildman–Crippen LogP) is 2.22. The smallest absolute Gasteiger partial charge is 0.257 e. The van der Waals surface area contributed by atoms with Crippen molar-refractivity contribution in [2.75, 3.05) is 31.6 Å². The van der Waals surface area contributed by atoms with Crippen LogP contribution in [0.15, 0.2) is 30.7 Å². The van der Waals surface area contributed by atoms with Gasteiger partial charge in [0.2, 0.25) is 5.95 Å². The van der Waals surface area contributed by atoms with E-state index < -0.39 is 0 Å². The summed E-state index contributed by atoms with van der Waals surface area (Å²) >= 11 is 0. The molecule has 2 aromatic rings. The third-order valence-corrected chi connectivity index (χ3v) is 6.08. The maximum atomic E-state index is 12.8. The van der Waals surface area contributed by atoms with E-state index in [4.69, 9.17) is 4.74 Å². The third-order valence-electron chi connectivity index (χ3n) is 6.08. The first-order chi connectivity index (χ1) is 13.2. The number of aromatic nitrogens is 3. The number of carbonyl (C=O) groups is 1. The molecule has 1 N–H and O–H groups in total. The van der Waals surface area contributed by atoms with E-state index in [0.717, 1.165) is 57.7 Å². The molecule has 0 aromatic carbocycles. The SMILES string of the molecule is O=C(c1cnc(N[C@@H]2CCc3ncccc32)nc1)N1CCC2(CCOC2)C1. The van der Waals surface area contributed by atoms with Gasteiger partial charge in [-0.25, -0.2) is 9.97 Å². The summed E-state index contributed by atoms with van der Waals surface area (Å²) in [6, 6.07) is 4.23. The number of nitrogens with zero attached hydrogens (tertiary/aromatic N) is 4. The summed E-state index contributed by atoms with van der Waals surface area (Å²) in [5.41, 5.74) is 3.06. The van der Waals surface area contributed by atoms with Crippen molar-refractivity contribution < 1.29 is 9.53 Å². The van der Waals surface area contributed by atoms with Gasteiger partial charge in [0.05, 0.1) is 18.2 Å². The van der Waals surface area contributed by atoms with Gasteiger partial charge in [-0.2, -0.15) is 0 Å². The first-order valence-electron chi connectivity index (χ1n) is 9.62. The summed E-state index contributed by atoms with van der Waals surface area (Å²) in [5.74, 6) is 0.566. The second kappa shape index (κ2) is 6.56. The van der Waals surface area contributed by atoms with E-state index in [1.165, 1.54) is 5.56 Å². The summed E-state index contributed by atoms with van der Waals surface area (Å²) in [6.45, 7) is 3.14. The van der Waals surface area contributed by atoms with Gasteiger partial charge in [-0.3, -0.25) is 9.78 Å². The minimum Gasteiger partial charge on any atom is -0.381 e. The first kappa shape index (κ1) is 16.6. The number of fused-ring (bicyclic) bond motifs is 1. The quantitative estimate of drug-likeness (QED) is 0.898. The Labute approximate surface area is 158 Å². The lowest BCUT2D eigenvalue weighted by molar-refractivity contribution is 0.0765. The fourth-order valence-electron chi connectivity index (χ4n) is 4.49. The van der Waals surface area contributed by atoms with Gasteiger partial charge in [0, 0.05) is 49.4 Å². The Bertz CT molecular complexity index is 848. The van der Waals surface area contributed by atoms with E-state index in [9.17, 15) is 4.79 Å². The molecular formula is C20H23N5O2. The monoisotopic (exact) mass is 365 g/mol. The lowest BCUT2D eigenvalue weighted by atomic mass is 9.87. The number of hydrogen-bond acceptors (Lipinski definition) is 6. The molecule has 2 aliphatic heterocycles. The van der Waals surface area contributed by atoms with Crippen molar-refractivity contribution in [3.05, 3.63) is 47.5 Å². The van der Waals surface area contributed by atoms with Gasteiger partial charge in [0.25, 0.3) is 5.91 Å². The molecule has 1 spiro atoms. The summed E-state index contributed by atoms with van der Waals surface area (Å²) in [7, 11) is 0. The van der Waals surface area contributed by atoms with Crippen LogP contribution in [-0.2, 0) is 11.2 Å². The number of ether oxygens (including phenoxy) is 1. The van der Waals surface area contributed by atoms with E-state index in [2.05, 4.69) is 26.3 Å². The fourth-order valence-corrected chi connectivity index (χ4v) is 4.49. The van der Waals surface area contributed by atoms with Gasteiger partial charge in [-0.15, -0.1) is 0 Å². The Hall–Kier alpha value is -2.54. The molecular weight excluding hydrogens is 342 g/mol. The molecule has 4 heterocycles. The second-order valence-corrected chi connectivity index (χ2v) is 7.85. The molecule has 1 amide bonds. The van der Waals surface area contributed by atoms with Crippen LogP contribution in [-0.4, -0.2) is 52.1 Å². The molecule has 3 aliphatic rings. The molecule has 0 radical (unpaired) electrons. The van der Waals surface area contributed by atoms with Crippen LogP contribution in [0.1, 0.15) is 46.9 Å². The average molecular weight is 365 g/mol. The summed E-state index contributed by atoms with van der Waals surface area (Å²) in [5, 5.41) is 3.37. The summed E-state index contributed by atoms with van der Waals surface area (Å²) < 4.78 is 5.54. The highest BCUT2D eigenvalue weighted by atomic mass is 16.5. The second-order valence-electron chi connectivity index (χ2n) is 7.85. The van der Waals surface area contributed by atoms with Crippen molar-refractivity contribution in [3.8, 4) is 0 Å². The van der Waals surface area contributed by atoms with Crippen LogP contribution in [0.4, 0.5) is 5.95 Å². The van der Waals surface area contributed by atoms with Crippen molar-refractivity contribution >= 4 is 11.9 Å². The minimum atomic E-state index is 0.0146. The van der Waals surface area contributed by atoms with Gasteiger partial charge >= 0.3 is 0 Å². The van der Waals surface area contributed by atoms with Crippen LogP contribution in [0.3, 0.4) is 0 Å². The maximum Gasteiger partial charge on any atom is 0.257 e. The number of anilines is 1. The molecule has 0 bridgehead atoms. The van der Waals surface area contributed by atoms with Crippen molar-refractivity contribution in [2.24, 2.45) is 5.41 Å². The number of amides is 1. The van der Waals surface area contributed by atoms with Crippen molar-refractivity contribution in [2.45, 2.75) is 31.7 Å². The Balaban J connectivity index is 1.25. The zero-order valence-corrected chi connectivity index (χ0v) is 15.2. The van der Waals surface area contributed by atoms with Gasteiger partial charge in [-0.05, 0) is 37.3 Å². The van der Waals surface area contributed by atoms with Crippen molar-refractivity contribution in [1.82, 2.24) is 19.9 Å². The number of nitrogens with one attached hydrogen (secondary N) is 1. The molecule has 2 aromatic heterocycles. The van der Waals surface area contributed by atoms with Crippen LogP contribution in [0, 0.1) is 5.41 Å². The Morgan fingerprint density at radius 1 is 1.26 bits per heavy atom. The maximum absolute atomic E-state index is 12.8. The van der Waals surface area contributed by atoms with Crippen LogP contribution in [0.5, 0.6) is 0 Å². The van der Waals surface area contributed by atoms with Crippen molar-refractivity contribution in [1.29, 1.82) is 0 Å². The molecule has 1 aliphatic carbocycles. The van der Waals surface area contributed by atoms with Gasteiger partial charge in [-0.1, -0.05) is 6.07 Å². The highest BCUT2D eigenvalue weighted by Crippen LogP contribution is 2.38. The van der Waals surface area contributed by atoms with Gasteiger partial charge in [0.15, 0.2) is 0 Å². The van der Waals surface area contributed by atoms with E-state index in [-0.39, 0.29) is 17.4 Å². The lowest BCUT2D eigenvalue weighted by Gasteiger charge is -2.22. The van der Waals surface area contributed by atoms with Crippen LogP contribution >= 0.6 is 0 Å². The van der Waals surface area contributed by atoms with E-state index in [1.807, 2.05) is 17.2 Å². The van der Waals surface area contributed by atoms with Crippen molar-refractivity contribution in [3.63, 3.8) is 0 Å². The largest absolute Gasteiger partial charge is 0.381 e. The zero-order valence-electron chi connectivity index (χ0n) is 15.2. The standard InChI is InChI=1S/C20H23N5O2/c26-18(25-8-5-20(12-25)6-9-27-13-20)14-10-22-19(23-11-14)24-17-4-3-16-15(17)2-1-7-21-16/h1-2,7,10-11,17H,3-6,8-9,12-13H2,(H,22,23,24)/t17-,20?/m1/s1. The van der Waals surface area contributed by atoms with Crippen LogP contribution in [0.2, 0.25) is 0 Å². The van der Waals surface area contributed by atoms with E-state index in [1.54, 1.807) is 12.4 Å². The Kier molecular flexibility index (Phi) is 4.04. The number of pyridine rings is 1.